The number of hydrogen-bond donors (Lipinski definition) is 1. The van der Waals surface area contributed by atoms with Gasteiger partial charge in [0.05, 0.1) is 5.57 Å². The van der Waals surface area contributed by atoms with E-state index in [9.17, 15) is 9.90 Å². The number of Topliss-reactive ketones (excluding diaryl/α,β-unsaturated/α-hetero) is 1. The summed E-state index contributed by atoms with van der Waals surface area (Å²) in [4.78, 5) is 14.4. The van der Waals surface area contributed by atoms with E-state index < -0.39 is 0 Å². The Morgan fingerprint density at radius 2 is 2.05 bits per heavy atom. The molecule has 2 aliphatic rings. The van der Waals surface area contributed by atoms with E-state index in [-0.39, 0.29) is 17.6 Å². The van der Waals surface area contributed by atoms with E-state index in [1.165, 1.54) is 0 Å². The molecule has 104 valence electrons. The fourth-order valence-corrected chi connectivity index (χ4v) is 3.26. The average Bonchev–Trinajstić information content (AvgIpc) is 2.71. The van der Waals surface area contributed by atoms with Crippen LogP contribution in [0.1, 0.15) is 24.8 Å². The van der Waals surface area contributed by atoms with Crippen molar-refractivity contribution in [3.63, 3.8) is 0 Å². The molecule has 1 aromatic carbocycles. The quantitative estimate of drug-likeness (QED) is 0.663. The molecule has 2 heterocycles. The zero-order valence-electron chi connectivity index (χ0n) is 11.6. The highest BCUT2D eigenvalue weighted by Crippen LogP contribution is 2.36. The van der Waals surface area contributed by atoms with E-state index in [1.54, 1.807) is 6.08 Å². The van der Waals surface area contributed by atoms with E-state index in [2.05, 4.69) is 4.90 Å². The van der Waals surface area contributed by atoms with Crippen molar-refractivity contribution in [3.8, 4) is 0 Å². The van der Waals surface area contributed by atoms with Crippen LogP contribution >= 0.6 is 0 Å². The Kier molecular flexibility index (Phi) is 3.45. The van der Waals surface area contributed by atoms with Gasteiger partial charge in [0.15, 0.2) is 5.78 Å². The number of carbonyl (C=O) groups excluding carboxylic acids is 1. The third-order valence-corrected chi connectivity index (χ3v) is 4.40. The highest BCUT2D eigenvalue weighted by Gasteiger charge is 2.42. The lowest BCUT2D eigenvalue weighted by molar-refractivity contribution is -0.118. The molecule has 3 nitrogen and oxygen atoms in total. The minimum absolute atomic E-state index is 0.0849. The predicted octanol–water partition coefficient (Wildman–Crippen LogP) is 2.95. The van der Waals surface area contributed by atoms with Crippen LogP contribution in [0.5, 0.6) is 0 Å². The van der Waals surface area contributed by atoms with Gasteiger partial charge in [0.25, 0.3) is 0 Å². The maximum atomic E-state index is 12.2. The molecule has 0 aliphatic carbocycles. The Bertz CT molecular complexity index is 574. The van der Waals surface area contributed by atoms with Crippen LogP contribution in [-0.4, -0.2) is 34.9 Å². The van der Waals surface area contributed by atoms with E-state index in [1.807, 2.05) is 43.5 Å². The van der Waals surface area contributed by atoms with Gasteiger partial charge in [-0.2, -0.15) is 0 Å². The summed E-state index contributed by atoms with van der Waals surface area (Å²) < 4.78 is 0. The van der Waals surface area contributed by atoms with Gasteiger partial charge in [0, 0.05) is 18.5 Å². The Labute approximate surface area is 119 Å². The van der Waals surface area contributed by atoms with E-state index in [0.717, 1.165) is 18.4 Å². The number of nitrogens with zero attached hydrogens (tertiary/aromatic N) is 1. The second kappa shape index (κ2) is 5.25. The minimum atomic E-state index is 0.0849. The normalized spacial score (nSPS) is 29.1. The summed E-state index contributed by atoms with van der Waals surface area (Å²) in [6.45, 7) is 0. The van der Waals surface area contributed by atoms with Crippen LogP contribution in [0.2, 0.25) is 0 Å². The van der Waals surface area contributed by atoms with Crippen LogP contribution in [0, 0.1) is 0 Å². The minimum Gasteiger partial charge on any atom is -0.507 e. The summed E-state index contributed by atoms with van der Waals surface area (Å²) in [5.74, 6) is 0.224. The highest BCUT2D eigenvalue weighted by atomic mass is 16.3. The Balaban J connectivity index is 1.88. The van der Waals surface area contributed by atoms with Gasteiger partial charge in [-0.15, -0.1) is 0 Å². The van der Waals surface area contributed by atoms with Crippen molar-refractivity contribution in [1.29, 1.82) is 0 Å². The summed E-state index contributed by atoms with van der Waals surface area (Å²) in [5.41, 5.74) is 1.61. The number of benzene rings is 1. The van der Waals surface area contributed by atoms with Crippen molar-refractivity contribution < 1.29 is 9.90 Å². The molecule has 20 heavy (non-hydrogen) atoms. The molecule has 0 spiro atoms. The molecule has 0 radical (unpaired) electrons. The largest absolute Gasteiger partial charge is 0.507 e. The molecule has 0 unspecified atom stereocenters. The van der Waals surface area contributed by atoms with Gasteiger partial charge < -0.3 is 5.11 Å². The summed E-state index contributed by atoms with van der Waals surface area (Å²) in [6.07, 6.45) is 6.04. The van der Waals surface area contributed by atoms with Gasteiger partial charge >= 0.3 is 0 Å². The molecule has 2 atom stereocenters. The number of hydrogen-bond acceptors (Lipinski definition) is 3. The first-order chi connectivity index (χ1) is 9.66. The smallest absolute Gasteiger partial charge is 0.165 e. The standard InChI is InChI=1S/C17H19NO2/c1-18-13-8-9-14(18)17(16(20)11-13)15(19)10-7-12-5-3-2-4-6-12/h2-7,10,13-14,19H,8-9,11H2,1H3/t13-,14+/m1/s1. The van der Waals surface area contributed by atoms with Crippen molar-refractivity contribution in [3.05, 3.63) is 53.3 Å². The van der Waals surface area contributed by atoms with Gasteiger partial charge in [-0.25, -0.2) is 0 Å². The summed E-state index contributed by atoms with van der Waals surface area (Å²) in [7, 11) is 2.04. The maximum absolute atomic E-state index is 12.2. The summed E-state index contributed by atoms with van der Waals surface area (Å²) in [5, 5.41) is 10.3. The molecule has 2 fully saturated rings. The number of fused-ring (bicyclic) bond motifs is 2. The molecule has 1 aromatic rings. The van der Waals surface area contributed by atoms with Crippen LogP contribution in [0.15, 0.2) is 47.7 Å². The number of piperidine rings is 1. The third kappa shape index (κ3) is 2.29. The maximum Gasteiger partial charge on any atom is 0.165 e. The Morgan fingerprint density at radius 3 is 2.80 bits per heavy atom. The van der Waals surface area contributed by atoms with E-state index >= 15 is 0 Å². The molecule has 1 N–H and O–H groups in total. The average molecular weight is 269 g/mol. The number of aliphatic hydroxyl groups excluding tert-OH is 1. The lowest BCUT2D eigenvalue weighted by Gasteiger charge is -2.32. The number of likely N-dealkylation sites (N-methyl/N-ethyl adjacent to an activating group) is 1. The number of ketones is 1. The summed E-state index contributed by atoms with van der Waals surface area (Å²) in [6, 6.07) is 10.2. The SMILES string of the molecule is CN1[C@@H]2CC[C@H]1C(=C(O)C=Cc1ccccc1)C(=O)C2. The molecular formula is C17H19NO2. The van der Waals surface area contributed by atoms with Crippen molar-refractivity contribution in [1.82, 2.24) is 4.90 Å². The first kappa shape index (κ1) is 13.1. The molecular weight excluding hydrogens is 250 g/mol. The van der Waals surface area contributed by atoms with Crippen LogP contribution in [-0.2, 0) is 4.79 Å². The first-order valence-corrected chi connectivity index (χ1v) is 7.08. The van der Waals surface area contributed by atoms with Crippen LogP contribution in [0.25, 0.3) is 6.08 Å². The predicted molar refractivity (Wildman–Crippen MR) is 79.3 cm³/mol. The molecule has 3 rings (SSSR count). The van der Waals surface area contributed by atoms with Crippen LogP contribution in [0.4, 0.5) is 0 Å². The van der Waals surface area contributed by atoms with Crippen molar-refractivity contribution in [2.75, 3.05) is 7.05 Å². The van der Waals surface area contributed by atoms with Gasteiger partial charge in [0.2, 0.25) is 0 Å². The second-order valence-electron chi connectivity index (χ2n) is 5.58. The molecule has 2 aliphatic heterocycles. The lowest BCUT2D eigenvalue weighted by atomic mass is 9.94. The van der Waals surface area contributed by atoms with Crippen LogP contribution in [0.3, 0.4) is 0 Å². The zero-order valence-corrected chi connectivity index (χ0v) is 11.6. The fourth-order valence-electron chi connectivity index (χ4n) is 3.26. The molecule has 0 saturated carbocycles. The monoisotopic (exact) mass is 269 g/mol. The highest BCUT2D eigenvalue weighted by molar-refractivity contribution is 5.99. The van der Waals surface area contributed by atoms with Gasteiger partial charge in [-0.1, -0.05) is 36.4 Å². The Morgan fingerprint density at radius 1 is 1.30 bits per heavy atom. The van der Waals surface area contributed by atoms with Crippen molar-refractivity contribution >= 4 is 11.9 Å². The van der Waals surface area contributed by atoms with E-state index in [0.29, 0.717) is 18.0 Å². The van der Waals surface area contributed by atoms with Crippen molar-refractivity contribution in [2.24, 2.45) is 0 Å². The topological polar surface area (TPSA) is 40.5 Å². The molecule has 2 bridgehead atoms. The molecule has 3 heteroatoms. The Hall–Kier alpha value is -1.87. The number of rotatable bonds is 2. The zero-order chi connectivity index (χ0) is 14.1. The summed E-state index contributed by atoms with van der Waals surface area (Å²) >= 11 is 0. The third-order valence-electron chi connectivity index (χ3n) is 4.40. The van der Waals surface area contributed by atoms with Crippen LogP contribution < -0.4 is 0 Å². The number of carbonyl (C=O) groups is 1. The molecule has 0 amide bonds. The molecule has 2 saturated heterocycles. The number of allylic oxidation sites excluding steroid dienone is 1. The van der Waals surface area contributed by atoms with Gasteiger partial charge in [0.1, 0.15) is 5.76 Å². The lowest BCUT2D eigenvalue weighted by Crippen LogP contribution is -2.42. The first-order valence-electron chi connectivity index (χ1n) is 7.08. The van der Waals surface area contributed by atoms with E-state index in [4.69, 9.17) is 0 Å². The van der Waals surface area contributed by atoms with Gasteiger partial charge in [-0.3, -0.25) is 9.69 Å². The second-order valence-corrected chi connectivity index (χ2v) is 5.58. The van der Waals surface area contributed by atoms with Gasteiger partial charge in [-0.05, 0) is 31.5 Å². The molecule has 0 aromatic heterocycles. The fraction of sp³-hybridized carbons (Fsp3) is 0.353. The number of aliphatic hydroxyl groups is 1. The van der Waals surface area contributed by atoms with Crippen molar-refractivity contribution in [2.45, 2.75) is 31.3 Å².